The van der Waals surface area contributed by atoms with Crippen molar-refractivity contribution in [2.75, 3.05) is 6.54 Å². The summed E-state index contributed by atoms with van der Waals surface area (Å²) in [6.45, 7) is 2.83. The number of rotatable bonds is 4. The van der Waals surface area contributed by atoms with Gasteiger partial charge >= 0.3 is 5.97 Å². The quantitative estimate of drug-likeness (QED) is 0.938. The van der Waals surface area contributed by atoms with E-state index in [0.29, 0.717) is 12.1 Å². The van der Waals surface area contributed by atoms with E-state index in [1.54, 1.807) is 6.07 Å². The van der Waals surface area contributed by atoms with Crippen LogP contribution in [0.15, 0.2) is 48.7 Å². The van der Waals surface area contributed by atoms with Crippen molar-refractivity contribution < 1.29 is 14.7 Å². The Kier molecular flexibility index (Phi) is 4.34. The number of aromatic nitrogens is 1. The van der Waals surface area contributed by atoms with E-state index in [2.05, 4.69) is 24.0 Å². The van der Waals surface area contributed by atoms with Gasteiger partial charge in [-0.3, -0.25) is 4.79 Å². The first-order valence-electron chi connectivity index (χ1n) is 8.05. The molecule has 1 aliphatic heterocycles. The zero-order valence-electron chi connectivity index (χ0n) is 13.6. The summed E-state index contributed by atoms with van der Waals surface area (Å²) in [6, 6.07) is 13.1. The van der Waals surface area contributed by atoms with Crippen LogP contribution in [0.2, 0.25) is 0 Å². The van der Waals surface area contributed by atoms with Gasteiger partial charge < -0.3 is 10.0 Å². The lowest BCUT2D eigenvalue weighted by atomic mass is 9.90. The van der Waals surface area contributed by atoms with Crippen molar-refractivity contribution in [3.05, 3.63) is 65.5 Å². The molecule has 0 spiro atoms. The number of likely N-dealkylation sites (tertiary alicyclic amines) is 1. The minimum absolute atomic E-state index is 0.0555. The molecule has 2 heterocycles. The summed E-state index contributed by atoms with van der Waals surface area (Å²) in [4.78, 5) is 29.5. The lowest BCUT2D eigenvalue weighted by molar-refractivity contribution is 0.0620. The molecule has 1 unspecified atom stereocenters. The van der Waals surface area contributed by atoms with Gasteiger partial charge in [-0.05, 0) is 43.9 Å². The molecule has 124 valence electrons. The van der Waals surface area contributed by atoms with Crippen LogP contribution in [0.3, 0.4) is 0 Å². The number of pyridine rings is 1. The molecule has 0 aliphatic carbocycles. The van der Waals surface area contributed by atoms with Crippen molar-refractivity contribution >= 4 is 11.9 Å². The SMILES string of the molecule is CC1(Cc2ccccc2)CCCN1C(=O)c1ccc(C(=O)O)nc1. The van der Waals surface area contributed by atoms with Gasteiger partial charge in [0.2, 0.25) is 0 Å². The van der Waals surface area contributed by atoms with Crippen molar-refractivity contribution in [1.82, 2.24) is 9.88 Å². The van der Waals surface area contributed by atoms with Crippen LogP contribution < -0.4 is 0 Å². The summed E-state index contributed by atoms with van der Waals surface area (Å²) in [7, 11) is 0. The molecule has 1 atom stereocenters. The van der Waals surface area contributed by atoms with E-state index >= 15 is 0 Å². The zero-order chi connectivity index (χ0) is 17.2. The van der Waals surface area contributed by atoms with Crippen LogP contribution in [0.5, 0.6) is 0 Å². The second-order valence-electron chi connectivity index (χ2n) is 6.46. The Balaban J connectivity index is 1.81. The fourth-order valence-corrected chi connectivity index (χ4v) is 3.39. The third-order valence-corrected chi connectivity index (χ3v) is 4.65. The van der Waals surface area contributed by atoms with Gasteiger partial charge in [0.05, 0.1) is 5.56 Å². The fraction of sp³-hybridized carbons (Fsp3) is 0.316. The van der Waals surface area contributed by atoms with Gasteiger partial charge in [-0.2, -0.15) is 0 Å². The molecule has 1 aliphatic rings. The Morgan fingerprint density at radius 1 is 1.21 bits per heavy atom. The molecule has 3 rings (SSSR count). The monoisotopic (exact) mass is 324 g/mol. The summed E-state index contributed by atoms with van der Waals surface area (Å²) in [5, 5.41) is 8.92. The van der Waals surface area contributed by atoms with Crippen LogP contribution in [0, 0.1) is 0 Å². The molecule has 24 heavy (non-hydrogen) atoms. The average Bonchev–Trinajstić information content (AvgIpc) is 2.96. The minimum atomic E-state index is -1.09. The predicted molar refractivity (Wildman–Crippen MR) is 90.0 cm³/mol. The highest BCUT2D eigenvalue weighted by Gasteiger charge is 2.39. The number of amides is 1. The molecule has 5 heteroatoms. The van der Waals surface area contributed by atoms with E-state index in [0.717, 1.165) is 19.3 Å². The van der Waals surface area contributed by atoms with Gasteiger partial charge in [-0.15, -0.1) is 0 Å². The topological polar surface area (TPSA) is 70.5 Å². The van der Waals surface area contributed by atoms with Crippen molar-refractivity contribution in [3.63, 3.8) is 0 Å². The number of carbonyl (C=O) groups is 2. The number of carbonyl (C=O) groups excluding carboxylic acids is 1. The second-order valence-corrected chi connectivity index (χ2v) is 6.46. The van der Waals surface area contributed by atoms with Gasteiger partial charge in [0.1, 0.15) is 5.69 Å². The van der Waals surface area contributed by atoms with Gasteiger partial charge in [0.25, 0.3) is 5.91 Å². The van der Waals surface area contributed by atoms with Crippen molar-refractivity contribution in [3.8, 4) is 0 Å². The standard InChI is InChI=1S/C19H20N2O3/c1-19(12-14-6-3-2-4-7-14)10-5-11-21(19)17(22)15-8-9-16(18(23)24)20-13-15/h2-4,6-9,13H,5,10-12H2,1H3,(H,23,24). The number of carboxylic acids is 1. The molecule has 2 aromatic rings. The Hall–Kier alpha value is -2.69. The van der Waals surface area contributed by atoms with Crippen molar-refractivity contribution in [2.45, 2.75) is 31.7 Å². The maximum absolute atomic E-state index is 12.9. The third kappa shape index (κ3) is 3.15. The van der Waals surface area contributed by atoms with Gasteiger partial charge in [-0.1, -0.05) is 30.3 Å². The molecule has 1 fully saturated rings. The summed E-state index contributed by atoms with van der Waals surface area (Å²) >= 11 is 0. The summed E-state index contributed by atoms with van der Waals surface area (Å²) in [5.41, 5.74) is 1.35. The smallest absolute Gasteiger partial charge is 0.354 e. The lowest BCUT2D eigenvalue weighted by Crippen LogP contribution is -2.46. The lowest BCUT2D eigenvalue weighted by Gasteiger charge is -2.35. The molecule has 5 nitrogen and oxygen atoms in total. The summed E-state index contributed by atoms with van der Waals surface area (Å²) < 4.78 is 0. The van der Waals surface area contributed by atoms with Gasteiger partial charge in [-0.25, -0.2) is 9.78 Å². The van der Waals surface area contributed by atoms with Crippen LogP contribution in [0.4, 0.5) is 0 Å². The Labute approximate surface area is 140 Å². The van der Waals surface area contributed by atoms with E-state index in [1.807, 2.05) is 23.1 Å². The van der Waals surface area contributed by atoms with E-state index in [4.69, 9.17) is 5.11 Å². The van der Waals surface area contributed by atoms with E-state index in [1.165, 1.54) is 17.8 Å². The molecule has 1 N–H and O–H groups in total. The van der Waals surface area contributed by atoms with E-state index < -0.39 is 5.97 Å². The largest absolute Gasteiger partial charge is 0.477 e. The first kappa shape index (κ1) is 16.2. The maximum atomic E-state index is 12.9. The third-order valence-electron chi connectivity index (χ3n) is 4.65. The second kappa shape index (κ2) is 6.43. The van der Waals surface area contributed by atoms with Crippen LogP contribution >= 0.6 is 0 Å². The highest BCUT2D eigenvalue weighted by molar-refractivity contribution is 5.95. The molecule has 1 saturated heterocycles. The molecule has 0 bridgehead atoms. The fourth-order valence-electron chi connectivity index (χ4n) is 3.39. The summed E-state index contributed by atoms with van der Waals surface area (Å²) in [6.07, 6.45) is 4.08. The molecular weight excluding hydrogens is 304 g/mol. The van der Waals surface area contributed by atoms with Gasteiger partial charge in [0.15, 0.2) is 0 Å². The Bertz CT molecular complexity index is 743. The first-order chi connectivity index (χ1) is 11.5. The number of hydrogen-bond acceptors (Lipinski definition) is 3. The number of aromatic carboxylic acids is 1. The zero-order valence-corrected chi connectivity index (χ0v) is 13.6. The van der Waals surface area contributed by atoms with E-state index in [-0.39, 0.29) is 17.1 Å². The average molecular weight is 324 g/mol. The molecule has 1 aromatic heterocycles. The molecule has 1 amide bonds. The Morgan fingerprint density at radius 2 is 1.96 bits per heavy atom. The minimum Gasteiger partial charge on any atom is -0.477 e. The predicted octanol–water partition coefficient (Wildman–Crippen LogP) is 3.02. The summed E-state index contributed by atoms with van der Waals surface area (Å²) in [5.74, 6) is -1.18. The van der Waals surface area contributed by atoms with Crippen LogP contribution in [-0.2, 0) is 6.42 Å². The number of hydrogen-bond donors (Lipinski definition) is 1. The normalized spacial score (nSPS) is 20.1. The van der Waals surface area contributed by atoms with Crippen LogP contribution in [0.25, 0.3) is 0 Å². The highest BCUT2D eigenvalue weighted by Crippen LogP contribution is 2.33. The molecule has 0 saturated carbocycles. The maximum Gasteiger partial charge on any atom is 0.354 e. The molecular formula is C19H20N2O3. The molecule has 0 radical (unpaired) electrons. The highest BCUT2D eigenvalue weighted by atomic mass is 16.4. The first-order valence-corrected chi connectivity index (χ1v) is 8.05. The van der Waals surface area contributed by atoms with E-state index in [9.17, 15) is 9.59 Å². The van der Waals surface area contributed by atoms with Crippen molar-refractivity contribution in [1.29, 1.82) is 0 Å². The van der Waals surface area contributed by atoms with Gasteiger partial charge in [0, 0.05) is 18.3 Å². The Morgan fingerprint density at radius 3 is 2.58 bits per heavy atom. The number of nitrogens with zero attached hydrogens (tertiary/aromatic N) is 2. The molecule has 1 aromatic carbocycles. The van der Waals surface area contributed by atoms with Crippen LogP contribution in [-0.4, -0.2) is 39.0 Å². The number of benzene rings is 1. The number of carboxylic acid groups (broad SMARTS) is 1. The van der Waals surface area contributed by atoms with Crippen molar-refractivity contribution in [2.24, 2.45) is 0 Å². The van der Waals surface area contributed by atoms with Crippen LogP contribution in [0.1, 0.15) is 46.2 Å².